The Morgan fingerprint density at radius 2 is 2.00 bits per heavy atom. The van der Waals surface area contributed by atoms with Gasteiger partial charge in [-0.15, -0.1) is 11.3 Å². The number of rotatable bonds is 5. The first-order valence-electron chi connectivity index (χ1n) is 9.49. The summed E-state index contributed by atoms with van der Waals surface area (Å²) in [6.07, 6.45) is 1.07. The molecule has 1 fully saturated rings. The summed E-state index contributed by atoms with van der Waals surface area (Å²) in [5.74, 6) is 0.346. The van der Waals surface area contributed by atoms with E-state index in [-0.39, 0.29) is 11.5 Å². The number of piperazine rings is 1. The van der Waals surface area contributed by atoms with Crippen molar-refractivity contribution in [2.45, 2.75) is 19.6 Å². The molecule has 4 rings (SSSR count). The van der Waals surface area contributed by atoms with Crippen LogP contribution in [0.4, 0.5) is 0 Å². The molecule has 158 valence electrons. The van der Waals surface area contributed by atoms with Gasteiger partial charge in [0.25, 0.3) is 11.5 Å². The van der Waals surface area contributed by atoms with Gasteiger partial charge in [-0.05, 0) is 25.1 Å². The summed E-state index contributed by atoms with van der Waals surface area (Å²) in [7, 11) is 0. The van der Waals surface area contributed by atoms with Crippen LogP contribution in [0.3, 0.4) is 0 Å². The summed E-state index contributed by atoms with van der Waals surface area (Å²) in [6, 6.07) is 6.49. The molecule has 3 aromatic rings. The minimum absolute atomic E-state index is 0.0723. The van der Waals surface area contributed by atoms with E-state index in [4.69, 9.17) is 27.9 Å². The lowest BCUT2D eigenvalue weighted by Gasteiger charge is -2.35. The second-order valence-electron chi connectivity index (χ2n) is 7.08. The van der Waals surface area contributed by atoms with Crippen molar-refractivity contribution in [1.82, 2.24) is 19.2 Å². The van der Waals surface area contributed by atoms with Crippen molar-refractivity contribution >= 4 is 45.4 Å². The van der Waals surface area contributed by atoms with Crippen molar-refractivity contribution in [2.75, 3.05) is 26.2 Å². The van der Waals surface area contributed by atoms with E-state index >= 15 is 0 Å². The molecule has 1 unspecified atom stereocenters. The van der Waals surface area contributed by atoms with Crippen LogP contribution in [-0.4, -0.2) is 57.4 Å². The summed E-state index contributed by atoms with van der Waals surface area (Å²) in [6.45, 7) is 4.87. The van der Waals surface area contributed by atoms with Crippen LogP contribution in [0.5, 0.6) is 5.75 Å². The summed E-state index contributed by atoms with van der Waals surface area (Å²) in [5.41, 5.74) is 0.674. The number of halogens is 2. The van der Waals surface area contributed by atoms with Crippen molar-refractivity contribution in [3.63, 3.8) is 0 Å². The Labute approximate surface area is 187 Å². The second kappa shape index (κ2) is 8.93. The molecule has 0 radical (unpaired) electrons. The zero-order chi connectivity index (χ0) is 21.3. The highest BCUT2D eigenvalue weighted by molar-refractivity contribution is 7.15. The van der Waals surface area contributed by atoms with Crippen LogP contribution in [0.2, 0.25) is 10.0 Å². The van der Waals surface area contributed by atoms with E-state index in [0.29, 0.717) is 53.5 Å². The van der Waals surface area contributed by atoms with Crippen LogP contribution in [0.25, 0.3) is 4.96 Å². The molecule has 2 aromatic heterocycles. The van der Waals surface area contributed by atoms with Crippen LogP contribution in [0.1, 0.15) is 12.6 Å². The number of amides is 1. The quantitative estimate of drug-likeness (QED) is 0.577. The number of hydrogen-bond donors (Lipinski definition) is 0. The average Bonchev–Trinajstić information content (AvgIpc) is 3.19. The predicted molar refractivity (Wildman–Crippen MR) is 118 cm³/mol. The van der Waals surface area contributed by atoms with Gasteiger partial charge in [-0.25, -0.2) is 4.98 Å². The van der Waals surface area contributed by atoms with Crippen molar-refractivity contribution < 1.29 is 9.53 Å². The van der Waals surface area contributed by atoms with Crippen LogP contribution in [0, 0.1) is 0 Å². The van der Waals surface area contributed by atoms with E-state index in [1.165, 1.54) is 11.3 Å². The topological polar surface area (TPSA) is 67.2 Å². The van der Waals surface area contributed by atoms with E-state index in [2.05, 4.69) is 9.88 Å². The average molecular weight is 467 g/mol. The van der Waals surface area contributed by atoms with Crippen LogP contribution >= 0.6 is 34.5 Å². The molecule has 1 atom stereocenters. The largest absolute Gasteiger partial charge is 0.479 e. The zero-order valence-electron chi connectivity index (χ0n) is 16.3. The van der Waals surface area contributed by atoms with Crippen molar-refractivity contribution in [3.05, 3.63) is 61.9 Å². The maximum atomic E-state index is 12.8. The Kier molecular flexibility index (Phi) is 6.29. The number of ether oxygens (including phenoxy) is 1. The molecule has 1 saturated heterocycles. The van der Waals surface area contributed by atoms with Crippen LogP contribution < -0.4 is 10.3 Å². The number of hydrogen-bond acceptors (Lipinski definition) is 6. The van der Waals surface area contributed by atoms with Gasteiger partial charge >= 0.3 is 0 Å². The molecule has 0 N–H and O–H groups in total. The number of fused-ring (bicyclic) bond motifs is 1. The van der Waals surface area contributed by atoms with E-state index < -0.39 is 6.10 Å². The maximum Gasteiger partial charge on any atom is 0.263 e. The number of benzene rings is 1. The molecule has 0 aliphatic carbocycles. The number of thiazole rings is 1. The van der Waals surface area contributed by atoms with Crippen molar-refractivity contribution in [2.24, 2.45) is 0 Å². The fourth-order valence-electron chi connectivity index (χ4n) is 3.39. The molecule has 1 amide bonds. The highest BCUT2D eigenvalue weighted by Crippen LogP contribution is 2.28. The van der Waals surface area contributed by atoms with Gasteiger partial charge in [0, 0.05) is 55.4 Å². The molecule has 3 heterocycles. The van der Waals surface area contributed by atoms with Gasteiger partial charge in [-0.2, -0.15) is 0 Å². The van der Waals surface area contributed by atoms with Gasteiger partial charge in [-0.3, -0.25) is 18.9 Å². The summed E-state index contributed by atoms with van der Waals surface area (Å²) >= 11 is 13.5. The fourth-order valence-corrected chi connectivity index (χ4v) is 4.58. The highest BCUT2D eigenvalue weighted by atomic mass is 35.5. The molecule has 30 heavy (non-hydrogen) atoms. The van der Waals surface area contributed by atoms with Crippen molar-refractivity contribution in [3.8, 4) is 5.75 Å². The number of carbonyl (C=O) groups is 1. The molecular formula is C20H20Cl2N4O3S. The molecule has 7 nitrogen and oxygen atoms in total. The summed E-state index contributed by atoms with van der Waals surface area (Å²) in [4.78, 5) is 34.1. The molecule has 0 saturated carbocycles. The summed E-state index contributed by atoms with van der Waals surface area (Å²) < 4.78 is 7.28. The lowest BCUT2D eigenvalue weighted by atomic mass is 10.2. The first-order chi connectivity index (χ1) is 14.4. The predicted octanol–water partition coefficient (Wildman–Crippen LogP) is 3.17. The fraction of sp³-hybridized carbons (Fsp3) is 0.350. The Balaban J connectivity index is 1.33. The molecular weight excluding hydrogens is 447 g/mol. The highest BCUT2D eigenvalue weighted by Gasteiger charge is 2.26. The van der Waals surface area contributed by atoms with E-state index in [1.54, 1.807) is 46.7 Å². The van der Waals surface area contributed by atoms with Crippen molar-refractivity contribution in [1.29, 1.82) is 0 Å². The zero-order valence-corrected chi connectivity index (χ0v) is 18.6. The Hall–Kier alpha value is -2.13. The van der Waals surface area contributed by atoms with E-state index in [1.807, 2.05) is 5.38 Å². The van der Waals surface area contributed by atoms with E-state index in [0.717, 1.165) is 5.69 Å². The number of aromatic nitrogens is 2. The molecule has 1 aromatic carbocycles. The Morgan fingerprint density at radius 3 is 2.73 bits per heavy atom. The third-order valence-corrected chi connectivity index (χ3v) is 6.26. The lowest BCUT2D eigenvalue weighted by Crippen LogP contribution is -2.51. The normalized spacial score (nSPS) is 16.0. The van der Waals surface area contributed by atoms with Crippen LogP contribution in [0.15, 0.2) is 40.6 Å². The minimum Gasteiger partial charge on any atom is -0.479 e. The smallest absolute Gasteiger partial charge is 0.263 e. The molecule has 0 spiro atoms. The van der Waals surface area contributed by atoms with E-state index in [9.17, 15) is 9.59 Å². The van der Waals surface area contributed by atoms with Gasteiger partial charge in [0.2, 0.25) is 0 Å². The monoisotopic (exact) mass is 466 g/mol. The summed E-state index contributed by atoms with van der Waals surface area (Å²) in [5, 5.41) is 2.73. The Bertz CT molecular complexity index is 1120. The van der Waals surface area contributed by atoms with Gasteiger partial charge in [0.1, 0.15) is 5.75 Å². The minimum atomic E-state index is -0.654. The van der Waals surface area contributed by atoms with Gasteiger partial charge < -0.3 is 9.64 Å². The molecule has 1 aliphatic heterocycles. The molecule has 1 aliphatic rings. The lowest BCUT2D eigenvalue weighted by molar-refractivity contribution is -0.139. The van der Waals surface area contributed by atoms with Gasteiger partial charge in [0.15, 0.2) is 11.1 Å². The molecule has 0 bridgehead atoms. The number of carbonyl (C=O) groups excluding carboxylic acids is 1. The maximum absolute atomic E-state index is 12.8. The number of nitrogens with zero attached hydrogens (tertiary/aromatic N) is 4. The van der Waals surface area contributed by atoms with Gasteiger partial charge in [0.05, 0.1) is 10.7 Å². The first-order valence-corrected chi connectivity index (χ1v) is 11.1. The van der Waals surface area contributed by atoms with Gasteiger partial charge in [-0.1, -0.05) is 23.2 Å². The third-order valence-electron chi connectivity index (χ3n) is 4.97. The third kappa shape index (κ3) is 4.62. The SMILES string of the molecule is CC(Oc1ccc(Cl)cc1Cl)C(=O)N1CCN(Cc2cc(=O)n3ccsc3n2)CC1. The standard InChI is InChI=1S/C20H20Cl2N4O3S/c1-13(29-17-3-2-14(21)10-16(17)22)19(28)25-6-4-24(5-7-25)12-15-11-18(27)26-8-9-30-20(26)23-15/h2-3,8-11,13H,4-7,12H2,1H3. The Morgan fingerprint density at radius 1 is 1.23 bits per heavy atom. The first kappa shape index (κ1) is 21.1. The second-order valence-corrected chi connectivity index (χ2v) is 8.79. The van der Waals surface area contributed by atoms with Crippen LogP contribution in [-0.2, 0) is 11.3 Å². The molecule has 10 heteroatoms.